The highest BCUT2D eigenvalue weighted by atomic mass is 35.5. The van der Waals surface area contributed by atoms with E-state index in [1.165, 1.54) is 6.42 Å². The minimum atomic E-state index is -0.421. The molecular weight excluding hydrogens is 281 g/mol. The molecule has 0 aliphatic heterocycles. The smallest absolute Gasteiger partial charge is 0.232 e. The standard InChI is InChI=1S/C15H19Cl2NO/c1-18(2)14(19)15(8-4-3-5-9-15)11-6-7-12(16)13(17)10-11/h6-7,10H,3-5,8-9H2,1-2H3. The summed E-state index contributed by atoms with van der Waals surface area (Å²) in [6.07, 6.45) is 5.15. The predicted octanol–water partition coefficient (Wildman–Crippen LogP) is 4.28. The molecule has 0 atom stereocenters. The summed E-state index contributed by atoms with van der Waals surface area (Å²) in [6, 6.07) is 5.59. The van der Waals surface area contributed by atoms with Gasteiger partial charge in [0.15, 0.2) is 0 Å². The molecule has 1 fully saturated rings. The van der Waals surface area contributed by atoms with Crippen molar-refractivity contribution in [2.75, 3.05) is 14.1 Å². The molecule has 1 aromatic carbocycles. The number of hydrogen-bond donors (Lipinski definition) is 0. The fraction of sp³-hybridized carbons (Fsp3) is 0.533. The maximum atomic E-state index is 12.7. The molecule has 0 unspecified atom stereocenters. The minimum Gasteiger partial charge on any atom is -0.348 e. The van der Waals surface area contributed by atoms with Crippen LogP contribution in [0.3, 0.4) is 0 Å². The van der Waals surface area contributed by atoms with Crippen LogP contribution in [-0.4, -0.2) is 24.9 Å². The number of halogens is 2. The summed E-state index contributed by atoms with van der Waals surface area (Å²) < 4.78 is 0. The van der Waals surface area contributed by atoms with E-state index in [2.05, 4.69) is 0 Å². The number of amides is 1. The second-order valence-corrected chi connectivity index (χ2v) is 6.29. The molecule has 0 N–H and O–H groups in total. The lowest BCUT2D eigenvalue weighted by Gasteiger charge is -2.38. The van der Waals surface area contributed by atoms with Gasteiger partial charge < -0.3 is 4.90 Å². The molecule has 104 valence electrons. The van der Waals surface area contributed by atoms with Crippen molar-refractivity contribution in [2.24, 2.45) is 0 Å². The Morgan fingerprint density at radius 3 is 2.26 bits per heavy atom. The van der Waals surface area contributed by atoms with Crippen LogP contribution in [0.5, 0.6) is 0 Å². The summed E-state index contributed by atoms with van der Waals surface area (Å²) in [4.78, 5) is 14.4. The van der Waals surface area contributed by atoms with Gasteiger partial charge in [-0.1, -0.05) is 48.5 Å². The van der Waals surface area contributed by atoms with Crippen LogP contribution in [0.15, 0.2) is 18.2 Å². The highest BCUT2D eigenvalue weighted by molar-refractivity contribution is 6.42. The first-order chi connectivity index (χ1) is 8.97. The van der Waals surface area contributed by atoms with E-state index in [4.69, 9.17) is 23.2 Å². The van der Waals surface area contributed by atoms with Gasteiger partial charge in [0.2, 0.25) is 5.91 Å². The van der Waals surface area contributed by atoms with Crippen LogP contribution in [0.25, 0.3) is 0 Å². The van der Waals surface area contributed by atoms with Gasteiger partial charge in [0, 0.05) is 14.1 Å². The second kappa shape index (κ2) is 5.72. The molecule has 1 amide bonds. The van der Waals surface area contributed by atoms with E-state index in [-0.39, 0.29) is 5.91 Å². The van der Waals surface area contributed by atoms with E-state index in [0.717, 1.165) is 31.2 Å². The zero-order chi connectivity index (χ0) is 14.0. The fourth-order valence-corrected chi connectivity index (χ4v) is 3.30. The highest BCUT2D eigenvalue weighted by Gasteiger charge is 2.42. The Balaban J connectivity index is 2.47. The van der Waals surface area contributed by atoms with Crippen molar-refractivity contribution in [1.82, 2.24) is 4.90 Å². The monoisotopic (exact) mass is 299 g/mol. The Labute approximate surface area is 124 Å². The lowest BCUT2D eigenvalue weighted by atomic mass is 9.68. The number of likely N-dealkylation sites (N-methyl/N-ethyl adjacent to an activating group) is 1. The van der Waals surface area contributed by atoms with Gasteiger partial charge in [0.25, 0.3) is 0 Å². The summed E-state index contributed by atoms with van der Waals surface area (Å²) in [5.74, 6) is 0.172. The zero-order valence-electron chi connectivity index (χ0n) is 11.4. The van der Waals surface area contributed by atoms with Crippen LogP contribution in [0.2, 0.25) is 10.0 Å². The van der Waals surface area contributed by atoms with Gasteiger partial charge in [0.1, 0.15) is 0 Å². The van der Waals surface area contributed by atoms with Crippen molar-refractivity contribution in [1.29, 1.82) is 0 Å². The van der Waals surface area contributed by atoms with Crippen LogP contribution >= 0.6 is 23.2 Å². The average Bonchev–Trinajstić information content (AvgIpc) is 2.41. The Hall–Kier alpha value is -0.730. The topological polar surface area (TPSA) is 20.3 Å². The average molecular weight is 300 g/mol. The number of carbonyl (C=O) groups is 1. The molecule has 2 rings (SSSR count). The lowest BCUT2D eigenvalue weighted by Crippen LogP contribution is -2.45. The van der Waals surface area contributed by atoms with Crippen molar-refractivity contribution in [3.63, 3.8) is 0 Å². The van der Waals surface area contributed by atoms with Crippen molar-refractivity contribution < 1.29 is 4.79 Å². The SMILES string of the molecule is CN(C)C(=O)C1(c2ccc(Cl)c(Cl)c2)CCCCC1. The first kappa shape index (κ1) is 14.7. The number of benzene rings is 1. The molecule has 1 aliphatic carbocycles. The quantitative estimate of drug-likeness (QED) is 0.798. The molecule has 1 saturated carbocycles. The third-order valence-electron chi connectivity index (χ3n) is 3.99. The Bertz CT molecular complexity index is 479. The third kappa shape index (κ3) is 2.75. The summed E-state index contributed by atoms with van der Waals surface area (Å²) in [5.41, 5.74) is 0.580. The summed E-state index contributed by atoms with van der Waals surface area (Å²) >= 11 is 12.1. The first-order valence-corrected chi connectivity index (χ1v) is 7.40. The molecule has 0 heterocycles. The maximum Gasteiger partial charge on any atom is 0.232 e. The van der Waals surface area contributed by atoms with E-state index >= 15 is 0 Å². The molecule has 0 spiro atoms. The largest absolute Gasteiger partial charge is 0.348 e. The Morgan fingerprint density at radius 1 is 1.11 bits per heavy atom. The molecule has 1 aliphatic rings. The van der Waals surface area contributed by atoms with Gasteiger partial charge in [-0.2, -0.15) is 0 Å². The van der Waals surface area contributed by atoms with Crippen LogP contribution < -0.4 is 0 Å². The molecule has 1 aromatic rings. The fourth-order valence-electron chi connectivity index (χ4n) is 3.00. The normalized spacial score (nSPS) is 18.1. The predicted molar refractivity (Wildman–Crippen MR) is 79.9 cm³/mol. The van der Waals surface area contributed by atoms with Crippen molar-refractivity contribution >= 4 is 29.1 Å². The third-order valence-corrected chi connectivity index (χ3v) is 4.73. The molecule has 0 aromatic heterocycles. The van der Waals surface area contributed by atoms with Gasteiger partial charge in [-0.25, -0.2) is 0 Å². The summed E-state index contributed by atoms with van der Waals surface area (Å²) in [7, 11) is 3.63. The van der Waals surface area contributed by atoms with Crippen molar-refractivity contribution in [3.05, 3.63) is 33.8 Å². The van der Waals surface area contributed by atoms with E-state index in [1.807, 2.05) is 26.2 Å². The van der Waals surface area contributed by atoms with Gasteiger partial charge in [-0.05, 0) is 30.5 Å². The van der Waals surface area contributed by atoms with Crippen LogP contribution in [0.1, 0.15) is 37.7 Å². The van der Waals surface area contributed by atoms with Gasteiger partial charge in [-0.3, -0.25) is 4.79 Å². The molecule has 0 radical (unpaired) electrons. The Kier molecular flexibility index (Phi) is 4.42. The van der Waals surface area contributed by atoms with E-state index in [0.29, 0.717) is 10.0 Å². The molecule has 4 heteroatoms. The van der Waals surface area contributed by atoms with Crippen LogP contribution in [-0.2, 0) is 10.2 Å². The highest BCUT2D eigenvalue weighted by Crippen LogP contribution is 2.42. The van der Waals surface area contributed by atoms with Crippen molar-refractivity contribution in [3.8, 4) is 0 Å². The Morgan fingerprint density at radius 2 is 1.74 bits per heavy atom. The van der Waals surface area contributed by atoms with E-state index in [1.54, 1.807) is 11.0 Å². The number of rotatable bonds is 2. The minimum absolute atomic E-state index is 0.172. The first-order valence-electron chi connectivity index (χ1n) is 6.65. The molecule has 0 saturated heterocycles. The van der Waals surface area contributed by atoms with Crippen molar-refractivity contribution in [2.45, 2.75) is 37.5 Å². The number of nitrogens with zero attached hydrogens (tertiary/aromatic N) is 1. The second-order valence-electron chi connectivity index (χ2n) is 5.47. The van der Waals surface area contributed by atoms with Crippen LogP contribution in [0, 0.1) is 0 Å². The van der Waals surface area contributed by atoms with Gasteiger partial charge in [-0.15, -0.1) is 0 Å². The molecule has 0 bridgehead atoms. The maximum absolute atomic E-state index is 12.7. The van der Waals surface area contributed by atoms with Crippen LogP contribution in [0.4, 0.5) is 0 Å². The van der Waals surface area contributed by atoms with Gasteiger partial charge >= 0.3 is 0 Å². The summed E-state index contributed by atoms with van der Waals surface area (Å²) in [5, 5.41) is 1.06. The number of carbonyl (C=O) groups excluding carboxylic acids is 1. The summed E-state index contributed by atoms with van der Waals surface area (Å²) in [6.45, 7) is 0. The molecule has 19 heavy (non-hydrogen) atoms. The molecule has 2 nitrogen and oxygen atoms in total. The van der Waals surface area contributed by atoms with Gasteiger partial charge in [0.05, 0.1) is 15.5 Å². The lowest BCUT2D eigenvalue weighted by molar-refractivity contribution is -0.136. The van der Waals surface area contributed by atoms with E-state index < -0.39 is 5.41 Å². The van der Waals surface area contributed by atoms with E-state index in [9.17, 15) is 4.79 Å². The number of hydrogen-bond acceptors (Lipinski definition) is 1. The molecular formula is C15H19Cl2NO. The zero-order valence-corrected chi connectivity index (χ0v) is 12.9.